The Balaban J connectivity index is 2.54. The molecule has 16 heavy (non-hydrogen) atoms. The van der Waals surface area contributed by atoms with Crippen molar-refractivity contribution < 1.29 is 23.4 Å². The molecule has 4 nitrogen and oxygen atoms in total. The molecule has 0 aliphatic heterocycles. The molecule has 1 N–H and O–H groups in total. The molecule has 0 aliphatic carbocycles. The number of carboxylic acids is 1. The highest BCUT2D eigenvalue weighted by atomic mass is 19.3. The van der Waals surface area contributed by atoms with Gasteiger partial charge in [-0.3, -0.25) is 0 Å². The second-order valence-electron chi connectivity index (χ2n) is 3.07. The smallest absolute Gasteiger partial charge is 0.387 e. The van der Waals surface area contributed by atoms with Crippen molar-refractivity contribution in [2.24, 2.45) is 0 Å². The molecule has 84 valence electrons. The van der Waals surface area contributed by atoms with Crippen LogP contribution >= 0.6 is 0 Å². The number of rotatable bonds is 3. The minimum absolute atomic E-state index is 0.0729. The van der Waals surface area contributed by atoms with E-state index in [1.807, 2.05) is 0 Å². The first-order chi connectivity index (χ1) is 7.58. The van der Waals surface area contributed by atoms with Gasteiger partial charge in [0.15, 0.2) is 0 Å². The molecule has 0 radical (unpaired) electrons. The number of ether oxygens (including phenoxy) is 1. The fourth-order valence-corrected chi connectivity index (χ4v) is 1.44. The fraction of sp³-hybridized carbons (Fsp3) is 0.100. The van der Waals surface area contributed by atoms with E-state index in [9.17, 15) is 18.7 Å². The number of H-pyrrole nitrogens is 1. The van der Waals surface area contributed by atoms with E-state index in [0.717, 1.165) is 0 Å². The number of aromatic carboxylic acids is 1. The minimum Gasteiger partial charge on any atom is -0.543 e. The average molecular weight is 226 g/mol. The van der Waals surface area contributed by atoms with Crippen LogP contribution in [-0.2, 0) is 0 Å². The quantitative estimate of drug-likeness (QED) is 0.853. The summed E-state index contributed by atoms with van der Waals surface area (Å²) in [5.74, 6) is -1.48. The van der Waals surface area contributed by atoms with E-state index in [-0.39, 0.29) is 16.8 Å². The standard InChI is InChI=1S/C10H7F2NO3/c11-10(12)16-8-3-1-2-6-5(8)4-7(13-6)9(14)15/h1-4,10,13H,(H,14,15)/p-1. The Kier molecular flexibility index (Phi) is 2.47. The second-order valence-corrected chi connectivity index (χ2v) is 3.07. The highest BCUT2D eigenvalue weighted by molar-refractivity contribution is 5.95. The SMILES string of the molecule is O=C([O-])c1cc2c(OC(F)F)cccc2[nH]1. The number of carbonyl (C=O) groups is 1. The molecule has 6 heteroatoms. The largest absolute Gasteiger partial charge is 0.543 e. The molecule has 2 aromatic rings. The van der Waals surface area contributed by atoms with E-state index in [4.69, 9.17) is 0 Å². The van der Waals surface area contributed by atoms with Crippen LogP contribution in [0.5, 0.6) is 5.75 Å². The van der Waals surface area contributed by atoms with Crippen LogP contribution in [0.4, 0.5) is 8.78 Å². The summed E-state index contributed by atoms with van der Waals surface area (Å²) in [6, 6.07) is 5.57. The molecule has 0 fully saturated rings. The van der Waals surface area contributed by atoms with Gasteiger partial charge in [0.1, 0.15) is 5.75 Å². The summed E-state index contributed by atoms with van der Waals surface area (Å²) in [4.78, 5) is 13.1. The Hall–Kier alpha value is -2.11. The van der Waals surface area contributed by atoms with Gasteiger partial charge in [-0.05, 0) is 18.2 Å². The number of carboxylic acid groups (broad SMARTS) is 1. The molecule has 0 amide bonds. The Morgan fingerprint density at radius 2 is 2.19 bits per heavy atom. The zero-order valence-corrected chi connectivity index (χ0v) is 7.87. The van der Waals surface area contributed by atoms with E-state index in [2.05, 4.69) is 9.72 Å². The molecule has 1 heterocycles. The molecule has 2 rings (SSSR count). The summed E-state index contributed by atoms with van der Waals surface area (Å²) >= 11 is 0. The number of carbonyl (C=O) groups excluding carboxylic acids is 1. The summed E-state index contributed by atoms with van der Waals surface area (Å²) in [6.07, 6.45) is 0. The van der Waals surface area contributed by atoms with Gasteiger partial charge >= 0.3 is 6.61 Å². The molecule has 0 bridgehead atoms. The van der Waals surface area contributed by atoms with Crippen LogP contribution in [0.1, 0.15) is 10.5 Å². The van der Waals surface area contributed by atoms with Gasteiger partial charge in [-0.2, -0.15) is 8.78 Å². The van der Waals surface area contributed by atoms with Crippen LogP contribution in [0.3, 0.4) is 0 Å². The van der Waals surface area contributed by atoms with Crippen molar-refractivity contribution in [3.63, 3.8) is 0 Å². The maximum absolute atomic E-state index is 12.1. The maximum atomic E-state index is 12.1. The Morgan fingerprint density at radius 1 is 1.44 bits per heavy atom. The molecule has 0 atom stereocenters. The first-order valence-corrected chi connectivity index (χ1v) is 4.36. The number of hydrogen-bond acceptors (Lipinski definition) is 3. The highest BCUT2D eigenvalue weighted by Crippen LogP contribution is 2.27. The third-order valence-corrected chi connectivity index (χ3v) is 2.06. The number of hydrogen-bond donors (Lipinski definition) is 1. The number of halogens is 2. The lowest BCUT2D eigenvalue weighted by Gasteiger charge is -2.04. The van der Waals surface area contributed by atoms with Crippen molar-refractivity contribution >= 4 is 16.9 Å². The number of benzene rings is 1. The zero-order valence-electron chi connectivity index (χ0n) is 7.87. The molecule has 0 aliphatic rings. The number of aromatic amines is 1. The first kappa shape index (κ1) is 10.4. The summed E-state index contributed by atoms with van der Waals surface area (Å²) in [5.41, 5.74) is 0.220. The van der Waals surface area contributed by atoms with E-state index >= 15 is 0 Å². The number of fused-ring (bicyclic) bond motifs is 1. The van der Waals surface area contributed by atoms with Gasteiger partial charge in [0.2, 0.25) is 0 Å². The van der Waals surface area contributed by atoms with Crippen LogP contribution in [0.25, 0.3) is 10.9 Å². The van der Waals surface area contributed by atoms with Crippen LogP contribution in [-0.4, -0.2) is 17.6 Å². The molecular formula is C10H6F2NO3-. The van der Waals surface area contributed by atoms with Crippen molar-refractivity contribution in [3.05, 3.63) is 30.0 Å². The topological polar surface area (TPSA) is 65.2 Å². The summed E-state index contributed by atoms with van der Waals surface area (Å²) in [5, 5.41) is 10.9. The van der Waals surface area contributed by atoms with Gasteiger partial charge in [-0.1, -0.05) is 6.07 Å². The van der Waals surface area contributed by atoms with E-state index in [1.165, 1.54) is 18.2 Å². The number of aromatic nitrogens is 1. The minimum atomic E-state index is -2.95. The lowest BCUT2D eigenvalue weighted by molar-refractivity contribution is -0.255. The first-order valence-electron chi connectivity index (χ1n) is 4.36. The van der Waals surface area contributed by atoms with Crippen LogP contribution < -0.4 is 9.84 Å². The predicted octanol–water partition coefficient (Wildman–Crippen LogP) is 1.13. The van der Waals surface area contributed by atoms with Crippen molar-refractivity contribution in [1.82, 2.24) is 4.98 Å². The van der Waals surface area contributed by atoms with Crippen molar-refractivity contribution in [2.45, 2.75) is 6.61 Å². The number of alkyl halides is 2. The third kappa shape index (κ3) is 1.81. The average Bonchev–Trinajstić information content (AvgIpc) is 2.61. The monoisotopic (exact) mass is 226 g/mol. The predicted molar refractivity (Wildman–Crippen MR) is 49.3 cm³/mol. The Labute approximate surface area is 88.5 Å². The molecular weight excluding hydrogens is 220 g/mol. The molecule has 0 spiro atoms. The van der Waals surface area contributed by atoms with Gasteiger partial charge in [0, 0.05) is 10.9 Å². The van der Waals surface area contributed by atoms with Gasteiger partial charge in [-0.15, -0.1) is 0 Å². The lowest BCUT2D eigenvalue weighted by Crippen LogP contribution is -2.22. The highest BCUT2D eigenvalue weighted by Gasteiger charge is 2.10. The van der Waals surface area contributed by atoms with Crippen molar-refractivity contribution in [3.8, 4) is 5.75 Å². The third-order valence-electron chi connectivity index (χ3n) is 2.06. The van der Waals surface area contributed by atoms with Gasteiger partial charge in [0.25, 0.3) is 0 Å². The summed E-state index contributed by atoms with van der Waals surface area (Å²) in [6.45, 7) is -2.95. The van der Waals surface area contributed by atoms with Gasteiger partial charge in [-0.25, -0.2) is 0 Å². The van der Waals surface area contributed by atoms with Crippen LogP contribution in [0.2, 0.25) is 0 Å². The van der Waals surface area contributed by atoms with Crippen LogP contribution in [0.15, 0.2) is 24.3 Å². The molecule has 1 aromatic carbocycles. The van der Waals surface area contributed by atoms with E-state index < -0.39 is 12.6 Å². The Morgan fingerprint density at radius 3 is 2.81 bits per heavy atom. The second kappa shape index (κ2) is 3.80. The van der Waals surface area contributed by atoms with Crippen molar-refractivity contribution in [2.75, 3.05) is 0 Å². The molecule has 0 saturated carbocycles. The van der Waals surface area contributed by atoms with E-state index in [1.54, 1.807) is 6.07 Å². The van der Waals surface area contributed by atoms with Gasteiger partial charge < -0.3 is 19.6 Å². The van der Waals surface area contributed by atoms with Crippen LogP contribution in [0, 0.1) is 0 Å². The Bertz CT molecular complexity index is 536. The molecule has 0 unspecified atom stereocenters. The summed E-state index contributed by atoms with van der Waals surface area (Å²) < 4.78 is 28.4. The van der Waals surface area contributed by atoms with E-state index in [0.29, 0.717) is 5.52 Å². The lowest BCUT2D eigenvalue weighted by atomic mass is 10.2. The normalized spacial score (nSPS) is 10.9. The molecule has 1 aromatic heterocycles. The van der Waals surface area contributed by atoms with Gasteiger partial charge in [0.05, 0.1) is 11.7 Å². The fourth-order valence-electron chi connectivity index (χ4n) is 1.44. The number of nitrogens with one attached hydrogen (secondary N) is 1. The zero-order chi connectivity index (χ0) is 11.7. The summed E-state index contributed by atoms with van der Waals surface area (Å²) in [7, 11) is 0. The maximum Gasteiger partial charge on any atom is 0.387 e. The molecule has 0 saturated heterocycles. The van der Waals surface area contributed by atoms with Crippen molar-refractivity contribution in [1.29, 1.82) is 0 Å².